The number of sulfone groups is 1. The summed E-state index contributed by atoms with van der Waals surface area (Å²) in [4.78, 5) is 23.2. The number of carbonyl (C=O) groups excluding carboxylic acids is 1. The zero-order valence-electron chi connectivity index (χ0n) is 23.6. The van der Waals surface area contributed by atoms with Gasteiger partial charge in [-0.25, -0.2) is 13.2 Å². The summed E-state index contributed by atoms with van der Waals surface area (Å²) in [6.07, 6.45) is 8.59. The van der Waals surface area contributed by atoms with Crippen LogP contribution >= 0.6 is 0 Å². The molecule has 2 aliphatic heterocycles. The van der Waals surface area contributed by atoms with Crippen molar-refractivity contribution < 1.29 is 13.2 Å². The van der Waals surface area contributed by atoms with Gasteiger partial charge >= 0.3 is 6.03 Å². The molecule has 1 saturated carbocycles. The maximum atomic E-state index is 13.9. The molecule has 8 heteroatoms. The third-order valence-corrected chi connectivity index (χ3v) is 9.97. The van der Waals surface area contributed by atoms with E-state index in [4.69, 9.17) is 4.99 Å². The Labute approximate surface area is 243 Å². The largest absolute Gasteiger partial charge is 0.369 e. The fourth-order valence-corrected chi connectivity index (χ4v) is 7.34. The van der Waals surface area contributed by atoms with Crippen molar-refractivity contribution in [1.82, 2.24) is 10.2 Å². The van der Waals surface area contributed by atoms with Crippen molar-refractivity contribution in [3.8, 4) is 11.1 Å². The molecule has 0 aromatic heterocycles. The first kappa shape index (κ1) is 27.7. The lowest BCUT2D eigenvalue weighted by molar-refractivity contribution is 0.181. The van der Waals surface area contributed by atoms with Crippen molar-refractivity contribution in [2.45, 2.75) is 68.0 Å². The number of amidine groups is 1. The molecular formula is C33H38N4O3S. The minimum atomic E-state index is -3.38. The van der Waals surface area contributed by atoms with Gasteiger partial charge in [-0.1, -0.05) is 79.9 Å². The van der Waals surface area contributed by atoms with Crippen LogP contribution in [0.4, 0.5) is 10.5 Å². The highest BCUT2D eigenvalue weighted by molar-refractivity contribution is 7.90. The Bertz CT molecular complexity index is 1540. The SMILES string of the molecule is CS(=O)(=O)c1cccc(-c2ccccc2N2C(=O)N=C(NC3CCCCC3)C23CCN(Cc2ccccc2)CC3)c1. The van der Waals surface area contributed by atoms with E-state index in [2.05, 4.69) is 34.5 Å². The van der Waals surface area contributed by atoms with Gasteiger partial charge in [0, 0.05) is 37.5 Å². The number of nitrogens with one attached hydrogen (secondary N) is 1. The van der Waals surface area contributed by atoms with Crippen molar-refractivity contribution in [3.05, 3.63) is 84.4 Å². The first-order chi connectivity index (χ1) is 19.8. The highest BCUT2D eigenvalue weighted by Gasteiger charge is 2.52. The lowest BCUT2D eigenvalue weighted by Gasteiger charge is -2.46. The van der Waals surface area contributed by atoms with Crippen molar-refractivity contribution in [2.24, 2.45) is 4.99 Å². The number of amides is 2. The van der Waals surface area contributed by atoms with Gasteiger partial charge in [-0.05, 0) is 55.0 Å². The summed E-state index contributed by atoms with van der Waals surface area (Å²) in [5.74, 6) is 0.799. The summed E-state index contributed by atoms with van der Waals surface area (Å²) in [6, 6.07) is 25.4. The maximum absolute atomic E-state index is 13.9. The second-order valence-corrected chi connectivity index (χ2v) is 13.7. The Morgan fingerprint density at radius 3 is 2.34 bits per heavy atom. The van der Waals surface area contributed by atoms with E-state index in [0.29, 0.717) is 6.04 Å². The summed E-state index contributed by atoms with van der Waals surface area (Å²) < 4.78 is 24.7. The van der Waals surface area contributed by atoms with Crippen molar-refractivity contribution in [2.75, 3.05) is 24.2 Å². The van der Waals surface area contributed by atoms with Crippen LogP contribution in [0.2, 0.25) is 0 Å². The van der Waals surface area contributed by atoms with Gasteiger partial charge in [0.15, 0.2) is 9.84 Å². The van der Waals surface area contributed by atoms with Gasteiger partial charge in [0.25, 0.3) is 0 Å². The quantitative estimate of drug-likeness (QED) is 0.390. The molecule has 3 aromatic carbocycles. The molecule has 1 N–H and O–H groups in total. The standard InChI is InChI=1S/C33H38N4O3S/c1-41(39,40)28-16-10-13-26(23-28)29-17-8-9-18-30(29)37-32(38)35-31(34-27-14-6-3-7-15-27)33(37)19-21-36(22-20-33)24-25-11-4-2-5-12-25/h2,4-5,8-13,16-18,23,27H,3,6-7,14-15,19-22,24H2,1H3,(H,34,35,38). The number of likely N-dealkylation sites (tertiary alicyclic amines) is 1. The predicted octanol–water partition coefficient (Wildman–Crippen LogP) is 6.05. The van der Waals surface area contributed by atoms with Crippen LogP contribution in [-0.2, 0) is 16.4 Å². The first-order valence-corrected chi connectivity index (χ1v) is 16.6. The predicted molar refractivity (Wildman–Crippen MR) is 164 cm³/mol. The number of aliphatic imine (C=N–C) groups is 1. The Kier molecular flexibility index (Phi) is 7.70. The van der Waals surface area contributed by atoms with Gasteiger partial charge < -0.3 is 5.32 Å². The van der Waals surface area contributed by atoms with E-state index < -0.39 is 15.4 Å². The molecule has 2 fully saturated rings. The van der Waals surface area contributed by atoms with Crippen LogP contribution in [0.3, 0.4) is 0 Å². The third-order valence-electron chi connectivity index (χ3n) is 8.86. The number of para-hydroxylation sites is 1. The molecule has 1 saturated heterocycles. The number of piperidine rings is 1. The minimum Gasteiger partial charge on any atom is -0.369 e. The van der Waals surface area contributed by atoms with Crippen LogP contribution in [0.15, 0.2) is 88.8 Å². The first-order valence-electron chi connectivity index (χ1n) is 14.7. The van der Waals surface area contributed by atoms with Gasteiger partial charge in [-0.15, -0.1) is 0 Å². The van der Waals surface area contributed by atoms with Crippen LogP contribution in [0, 0.1) is 0 Å². The highest BCUT2D eigenvalue weighted by atomic mass is 32.2. The van der Waals surface area contributed by atoms with Gasteiger partial charge in [-0.2, -0.15) is 4.99 Å². The molecule has 0 bridgehead atoms. The monoisotopic (exact) mass is 570 g/mol. The van der Waals surface area contributed by atoms with E-state index in [-0.39, 0.29) is 10.9 Å². The minimum absolute atomic E-state index is 0.258. The van der Waals surface area contributed by atoms with Crippen LogP contribution in [-0.4, -0.2) is 56.1 Å². The fourth-order valence-electron chi connectivity index (χ4n) is 6.67. The Hall–Kier alpha value is -3.49. The molecule has 3 aliphatic rings. The number of rotatable bonds is 6. The summed E-state index contributed by atoms with van der Waals surface area (Å²) >= 11 is 0. The van der Waals surface area contributed by atoms with E-state index in [1.807, 2.05) is 41.3 Å². The summed E-state index contributed by atoms with van der Waals surface area (Å²) in [5.41, 5.74) is 3.07. The lowest BCUT2D eigenvalue weighted by Crippen LogP contribution is -2.62. The van der Waals surface area contributed by atoms with E-state index in [1.54, 1.807) is 18.2 Å². The van der Waals surface area contributed by atoms with Gasteiger partial charge in [-0.3, -0.25) is 9.80 Å². The molecule has 6 rings (SSSR count). The maximum Gasteiger partial charge on any atom is 0.350 e. The molecule has 1 spiro atoms. The number of hydrogen-bond donors (Lipinski definition) is 1. The zero-order chi connectivity index (χ0) is 28.5. The fraction of sp³-hybridized carbons (Fsp3) is 0.394. The molecule has 41 heavy (non-hydrogen) atoms. The second kappa shape index (κ2) is 11.4. The zero-order valence-corrected chi connectivity index (χ0v) is 24.4. The summed E-state index contributed by atoms with van der Waals surface area (Å²) in [7, 11) is -3.38. The molecule has 7 nitrogen and oxygen atoms in total. The van der Waals surface area contributed by atoms with E-state index in [1.165, 1.54) is 31.1 Å². The van der Waals surface area contributed by atoms with E-state index in [9.17, 15) is 13.2 Å². The van der Waals surface area contributed by atoms with Crippen LogP contribution < -0.4 is 10.2 Å². The number of carbonyl (C=O) groups is 1. The molecule has 3 aromatic rings. The molecule has 0 unspecified atom stereocenters. The van der Waals surface area contributed by atoms with Crippen LogP contribution in [0.5, 0.6) is 0 Å². The lowest BCUT2D eigenvalue weighted by atomic mass is 9.83. The topological polar surface area (TPSA) is 82.1 Å². The van der Waals surface area contributed by atoms with Gasteiger partial charge in [0.2, 0.25) is 0 Å². The molecule has 2 amide bonds. The van der Waals surface area contributed by atoms with E-state index >= 15 is 0 Å². The summed E-state index contributed by atoms with van der Waals surface area (Å²) in [5, 5.41) is 3.75. The number of anilines is 1. The molecule has 2 heterocycles. The average Bonchev–Trinajstić information content (AvgIpc) is 3.24. The third kappa shape index (κ3) is 5.68. The van der Waals surface area contributed by atoms with Crippen molar-refractivity contribution >= 4 is 27.4 Å². The van der Waals surface area contributed by atoms with Crippen LogP contribution in [0.1, 0.15) is 50.5 Å². The number of nitrogens with zero attached hydrogens (tertiary/aromatic N) is 3. The number of urea groups is 1. The molecule has 1 aliphatic carbocycles. The normalized spacial score (nSPS) is 19.9. The number of hydrogen-bond acceptors (Lipinski definition) is 5. The Balaban J connectivity index is 1.36. The molecule has 0 atom stereocenters. The second-order valence-electron chi connectivity index (χ2n) is 11.7. The molecular weight excluding hydrogens is 532 g/mol. The van der Waals surface area contributed by atoms with Gasteiger partial charge in [0.1, 0.15) is 11.4 Å². The Morgan fingerprint density at radius 2 is 1.61 bits per heavy atom. The van der Waals surface area contributed by atoms with Crippen molar-refractivity contribution in [3.63, 3.8) is 0 Å². The smallest absolute Gasteiger partial charge is 0.350 e. The molecule has 0 radical (unpaired) electrons. The highest BCUT2D eigenvalue weighted by Crippen LogP contribution is 2.43. The van der Waals surface area contributed by atoms with Crippen LogP contribution in [0.25, 0.3) is 11.1 Å². The Morgan fingerprint density at radius 1 is 0.902 bits per heavy atom. The average molecular weight is 571 g/mol. The number of benzene rings is 3. The van der Waals surface area contributed by atoms with Crippen molar-refractivity contribution in [1.29, 1.82) is 0 Å². The van der Waals surface area contributed by atoms with E-state index in [0.717, 1.165) is 68.0 Å². The summed E-state index contributed by atoms with van der Waals surface area (Å²) in [6.45, 7) is 2.56. The van der Waals surface area contributed by atoms with Gasteiger partial charge in [0.05, 0.1) is 10.6 Å². The molecule has 214 valence electrons.